The van der Waals surface area contributed by atoms with Crippen LogP contribution in [0, 0.1) is 5.92 Å². The highest BCUT2D eigenvalue weighted by Gasteiger charge is 2.26. The standard InChI is InChI=1S/C18H25ClN4O2/c19-14-5-1-6-15(10-14)22-18(25)23-9-3-4-13(12-23)11-21-17(24)16-7-2-8-20-16/h1,5-6,10,13,16,20H,2-4,7-9,11-12H2,(H,21,24)(H,22,25). The van der Waals surface area contributed by atoms with Crippen molar-refractivity contribution in [1.82, 2.24) is 15.5 Å². The number of nitrogens with zero attached hydrogens (tertiary/aromatic N) is 1. The fraction of sp³-hybridized carbons (Fsp3) is 0.556. The molecule has 25 heavy (non-hydrogen) atoms. The van der Waals surface area contributed by atoms with Crippen LogP contribution in [0.25, 0.3) is 0 Å². The summed E-state index contributed by atoms with van der Waals surface area (Å²) in [5.74, 6) is 0.377. The quantitative estimate of drug-likeness (QED) is 0.768. The molecule has 0 aliphatic carbocycles. The molecule has 136 valence electrons. The van der Waals surface area contributed by atoms with Crippen LogP contribution in [0.2, 0.25) is 5.02 Å². The van der Waals surface area contributed by atoms with E-state index >= 15 is 0 Å². The van der Waals surface area contributed by atoms with Gasteiger partial charge in [-0.25, -0.2) is 4.79 Å². The zero-order valence-electron chi connectivity index (χ0n) is 14.3. The number of urea groups is 1. The lowest BCUT2D eigenvalue weighted by molar-refractivity contribution is -0.123. The Labute approximate surface area is 153 Å². The third-order valence-corrected chi connectivity index (χ3v) is 5.06. The van der Waals surface area contributed by atoms with Gasteiger partial charge in [0.1, 0.15) is 0 Å². The van der Waals surface area contributed by atoms with Crippen LogP contribution in [0.1, 0.15) is 25.7 Å². The first-order chi connectivity index (χ1) is 12.1. The second kappa shape index (κ2) is 8.54. The normalized spacial score (nSPS) is 23.3. The van der Waals surface area contributed by atoms with E-state index in [0.29, 0.717) is 29.7 Å². The number of hydrogen-bond acceptors (Lipinski definition) is 3. The molecular weight excluding hydrogens is 340 g/mol. The van der Waals surface area contributed by atoms with E-state index in [-0.39, 0.29) is 18.0 Å². The second-order valence-corrected chi connectivity index (χ2v) is 7.23. The summed E-state index contributed by atoms with van der Waals surface area (Å²) in [6.45, 7) is 2.93. The van der Waals surface area contributed by atoms with E-state index in [4.69, 9.17) is 11.6 Å². The van der Waals surface area contributed by atoms with Crippen molar-refractivity contribution < 1.29 is 9.59 Å². The van der Waals surface area contributed by atoms with Crippen molar-refractivity contribution in [3.05, 3.63) is 29.3 Å². The number of halogens is 1. The highest BCUT2D eigenvalue weighted by atomic mass is 35.5. The van der Waals surface area contributed by atoms with E-state index in [9.17, 15) is 9.59 Å². The summed E-state index contributed by atoms with van der Waals surface area (Å²) in [6, 6.07) is 6.97. The third-order valence-electron chi connectivity index (χ3n) is 4.82. The van der Waals surface area contributed by atoms with Gasteiger partial charge in [0.05, 0.1) is 6.04 Å². The molecule has 2 atom stereocenters. The van der Waals surface area contributed by atoms with E-state index in [1.54, 1.807) is 12.1 Å². The first-order valence-corrected chi connectivity index (χ1v) is 9.32. The number of hydrogen-bond donors (Lipinski definition) is 3. The van der Waals surface area contributed by atoms with Gasteiger partial charge in [0.15, 0.2) is 0 Å². The predicted octanol–water partition coefficient (Wildman–Crippen LogP) is 2.45. The number of carbonyl (C=O) groups excluding carboxylic acids is 2. The number of rotatable bonds is 4. The molecule has 2 unspecified atom stereocenters. The smallest absolute Gasteiger partial charge is 0.321 e. The van der Waals surface area contributed by atoms with E-state index in [0.717, 1.165) is 38.8 Å². The van der Waals surface area contributed by atoms with Crippen LogP contribution >= 0.6 is 11.6 Å². The number of nitrogens with one attached hydrogen (secondary N) is 3. The van der Waals surface area contributed by atoms with Gasteiger partial charge in [0.25, 0.3) is 0 Å². The maximum Gasteiger partial charge on any atom is 0.321 e. The Bertz CT molecular complexity index is 619. The molecule has 0 bridgehead atoms. The number of anilines is 1. The van der Waals surface area contributed by atoms with Crippen molar-refractivity contribution in [2.75, 3.05) is 31.5 Å². The first-order valence-electron chi connectivity index (χ1n) is 8.94. The molecule has 2 heterocycles. The number of benzene rings is 1. The molecular formula is C18H25ClN4O2. The van der Waals surface area contributed by atoms with Crippen molar-refractivity contribution in [1.29, 1.82) is 0 Å². The summed E-state index contributed by atoms with van der Waals surface area (Å²) in [5, 5.41) is 9.72. The molecule has 3 rings (SSSR count). The summed E-state index contributed by atoms with van der Waals surface area (Å²) in [5.41, 5.74) is 0.695. The van der Waals surface area contributed by atoms with Gasteiger partial charge in [-0.15, -0.1) is 0 Å². The molecule has 1 aromatic carbocycles. The van der Waals surface area contributed by atoms with Gasteiger partial charge in [-0.05, 0) is 56.3 Å². The maximum absolute atomic E-state index is 12.4. The Morgan fingerprint density at radius 3 is 2.92 bits per heavy atom. The predicted molar refractivity (Wildman–Crippen MR) is 98.8 cm³/mol. The summed E-state index contributed by atoms with van der Waals surface area (Å²) in [7, 11) is 0. The van der Waals surface area contributed by atoms with Crippen LogP contribution in [0.15, 0.2) is 24.3 Å². The molecule has 3 amide bonds. The summed E-state index contributed by atoms with van der Waals surface area (Å²) in [4.78, 5) is 26.4. The van der Waals surface area contributed by atoms with E-state index in [1.807, 2.05) is 17.0 Å². The van der Waals surface area contributed by atoms with E-state index in [1.165, 1.54) is 0 Å². The van der Waals surface area contributed by atoms with Crippen LogP contribution in [0.4, 0.5) is 10.5 Å². The largest absolute Gasteiger partial charge is 0.354 e. The molecule has 0 spiro atoms. The van der Waals surface area contributed by atoms with Crippen molar-refractivity contribution >= 4 is 29.2 Å². The topological polar surface area (TPSA) is 73.5 Å². The van der Waals surface area contributed by atoms with Gasteiger partial charge in [-0.1, -0.05) is 17.7 Å². The van der Waals surface area contributed by atoms with Crippen molar-refractivity contribution in [3.8, 4) is 0 Å². The monoisotopic (exact) mass is 364 g/mol. The second-order valence-electron chi connectivity index (χ2n) is 6.79. The maximum atomic E-state index is 12.4. The SMILES string of the molecule is O=C(NCC1CCCN(C(=O)Nc2cccc(Cl)c2)C1)C1CCCN1. The molecule has 0 saturated carbocycles. The molecule has 1 aromatic rings. The molecule has 2 aliphatic heterocycles. The average Bonchev–Trinajstić information content (AvgIpc) is 3.15. The Hall–Kier alpha value is -1.79. The van der Waals surface area contributed by atoms with Crippen LogP contribution in [0.3, 0.4) is 0 Å². The fourth-order valence-electron chi connectivity index (χ4n) is 3.46. The molecule has 2 aliphatic rings. The summed E-state index contributed by atoms with van der Waals surface area (Å²) in [6.07, 6.45) is 3.94. The molecule has 7 heteroatoms. The Morgan fingerprint density at radius 2 is 2.16 bits per heavy atom. The minimum absolute atomic E-state index is 0.0502. The number of piperidine rings is 1. The van der Waals surface area contributed by atoms with Gasteiger partial charge < -0.3 is 20.9 Å². The summed E-state index contributed by atoms with van der Waals surface area (Å²) >= 11 is 5.95. The van der Waals surface area contributed by atoms with Gasteiger partial charge in [-0.3, -0.25) is 4.79 Å². The molecule has 0 radical (unpaired) electrons. The zero-order valence-corrected chi connectivity index (χ0v) is 15.0. The molecule has 2 saturated heterocycles. The summed E-state index contributed by atoms with van der Waals surface area (Å²) < 4.78 is 0. The van der Waals surface area contributed by atoms with Crippen molar-refractivity contribution in [2.24, 2.45) is 5.92 Å². The highest BCUT2D eigenvalue weighted by molar-refractivity contribution is 6.30. The first kappa shape index (κ1) is 18.0. The highest BCUT2D eigenvalue weighted by Crippen LogP contribution is 2.19. The van der Waals surface area contributed by atoms with Crippen molar-refractivity contribution in [2.45, 2.75) is 31.7 Å². The van der Waals surface area contributed by atoms with Crippen molar-refractivity contribution in [3.63, 3.8) is 0 Å². The van der Waals surface area contributed by atoms with Gasteiger partial charge in [0, 0.05) is 30.3 Å². The van der Waals surface area contributed by atoms with E-state index in [2.05, 4.69) is 16.0 Å². The lowest BCUT2D eigenvalue weighted by Crippen LogP contribution is -2.47. The molecule has 3 N–H and O–H groups in total. The van der Waals surface area contributed by atoms with Crippen LogP contribution < -0.4 is 16.0 Å². The Kier molecular flexibility index (Phi) is 6.15. The van der Waals surface area contributed by atoms with Crippen LogP contribution in [0.5, 0.6) is 0 Å². The average molecular weight is 365 g/mol. The number of likely N-dealkylation sites (tertiary alicyclic amines) is 1. The Morgan fingerprint density at radius 1 is 1.28 bits per heavy atom. The lowest BCUT2D eigenvalue weighted by atomic mass is 9.98. The third kappa shape index (κ3) is 5.09. The minimum atomic E-state index is -0.115. The van der Waals surface area contributed by atoms with Gasteiger partial charge in [0.2, 0.25) is 5.91 Å². The number of amides is 3. The molecule has 6 nitrogen and oxygen atoms in total. The lowest BCUT2D eigenvalue weighted by Gasteiger charge is -2.33. The molecule has 0 aromatic heterocycles. The fourth-order valence-corrected chi connectivity index (χ4v) is 3.65. The van der Waals surface area contributed by atoms with Crippen LogP contribution in [-0.4, -0.2) is 49.1 Å². The van der Waals surface area contributed by atoms with Gasteiger partial charge in [-0.2, -0.15) is 0 Å². The Balaban J connectivity index is 1.47. The van der Waals surface area contributed by atoms with E-state index < -0.39 is 0 Å². The van der Waals surface area contributed by atoms with Gasteiger partial charge >= 0.3 is 6.03 Å². The molecule has 2 fully saturated rings. The van der Waals surface area contributed by atoms with Crippen LogP contribution in [-0.2, 0) is 4.79 Å². The zero-order chi connectivity index (χ0) is 17.6. The minimum Gasteiger partial charge on any atom is -0.354 e. The number of carbonyl (C=O) groups is 2.